The molecule has 4 heterocycles. The van der Waals surface area contributed by atoms with Gasteiger partial charge in [-0.1, -0.05) is 17.7 Å². The number of phenolic OH excluding ortho intramolecular Hbond substituents is 1. The summed E-state index contributed by atoms with van der Waals surface area (Å²) in [5, 5.41) is 10.4. The first kappa shape index (κ1) is 34.7. The molecule has 2 aliphatic heterocycles. The summed E-state index contributed by atoms with van der Waals surface area (Å²) in [6.45, 7) is -0.294. The third kappa shape index (κ3) is 4.63. The number of methoxy groups -OCH3 is 3. The Bertz CT molecular complexity index is 2420. The van der Waals surface area contributed by atoms with Crippen LogP contribution in [0.15, 0.2) is 50.3 Å². The number of allylic oxidation sites excluding steroid dienone is 2. The molecule has 0 bridgehead atoms. The van der Waals surface area contributed by atoms with Crippen LogP contribution in [0.5, 0.6) is 23.0 Å². The van der Waals surface area contributed by atoms with Crippen molar-refractivity contribution in [3.05, 3.63) is 83.5 Å². The van der Waals surface area contributed by atoms with Gasteiger partial charge in [0.2, 0.25) is 0 Å². The Morgan fingerprint density at radius 1 is 0.922 bits per heavy atom. The quantitative estimate of drug-likeness (QED) is 0.168. The van der Waals surface area contributed by atoms with E-state index in [1.165, 1.54) is 54.4 Å². The van der Waals surface area contributed by atoms with E-state index in [-0.39, 0.29) is 53.7 Å². The molecular weight excluding hydrogens is 731 g/mol. The van der Waals surface area contributed by atoms with Crippen molar-refractivity contribution in [1.29, 1.82) is 0 Å². The summed E-state index contributed by atoms with van der Waals surface area (Å²) in [7, 11) is 7.12. The van der Waals surface area contributed by atoms with Gasteiger partial charge in [-0.3, -0.25) is 19.3 Å². The molecule has 1 N–H and O–H groups in total. The molecule has 7 rings (SSSR count). The van der Waals surface area contributed by atoms with Gasteiger partial charge in [0.15, 0.2) is 32.7 Å². The molecule has 1 saturated carbocycles. The summed E-state index contributed by atoms with van der Waals surface area (Å²) >= 11 is 20.7. The van der Waals surface area contributed by atoms with Crippen LogP contribution in [-0.4, -0.2) is 83.4 Å². The number of carbonyl (C=O) groups excluding carboxylic acids is 2. The van der Waals surface area contributed by atoms with Gasteiger partial charge in [0, 0.05) is 51.5 Å². The summed E-state index contributed by atoms with van der Waals surface area (Å²) in [6, 6.07) is 5.08. The van der Waals surface area contributed by atoms with Crippen LogP contribution in [0.3, 0.4) is 0 Å². The van der Waals surface area contributed by atoms with E-state index in [1.54, 1.807) is 25.3 Å². The van der Waals surface area contributed by atoms with Crippen LogP contribution < -0.4 is 31.1 Å². The van der Waals surface area contributed by atoms with Gasteiger partial charge in [0.05, 0.1) is 50.0 Å². The summed E-state index contributed by atoms with van der Waals surface area (Å²) in [5.74, 6) is -2.23. The van der Waals surface area contributed by atoms with Crippen molar-refractivity contribution in [3.63, 3.8) is 0 Å². The number of alkyl halides is 2. The van der Waals surface area contributed by atoms with Crippen molar-refractivity contribution in [2.75, 3.05) is 28.4 Å². The first-order chi connectivity index (χ1) is 24.1. The van der Waals surface area contributed by atoms with Crippen LogP contribution in [0.25, 0.3) is 11.0 Å². The minimum atomic E-state index is -2.07. The molecular formula is C33H31Cl3N6O9. The predicted octanol–water partition coefficient (Wildman–Crippen LogP) is 2.31. The van der Waals surface area contributed by atoms with Crippen molar-refractivity contribution in [1.82, 2.24) is 28.4 Å². The average Bonchev–Trinajstić information content (AvgIpc) is 3.43. The maximum atomic E-state index is 14.2. The predicted molar refractivity (Wildman–Crippen MR) is 186 cm³/mol. The summed E-state index contributed by atoms with van der Waals surface area (Å²) in [4.78, 5) is 70.1. The molecule has 18 heteroatoms. The maximum Gasteiger partial charge on any atom is 0.347 e. The molecule has 3 aliphatic rings. The van der Waals surface area contributed by atoms with E-state index in [1.807, 2.05) is 0 Å². The first-order valence-electron chi connectivity index (χ1n) is 15.6. The van der Waals surface area contributed by atoms with Crippen molar-refractivity contribution in [2.24, 2.45) is 7.05 Å². The van der Waals surface area contributed by atoms with Crippen LogP contribution in [0.4, 0.5) is 0 Å². The van der Waals surface area contributed by atoms with Crippen LogP contribution in [0.2, 0.25) is 5.02 Å². The van der Waals surface area contributed by atoms with Gasteiger partial charge < -0.3 is 23.9 Å². The van der Waals surface area contributed by atoms with E-state index >= 15 is 0 Å². The topological polar surface area (TPSA) is 169 Å². The number of ether oxygens (including phenoxy) is 3. The second-order valence-corrected chi connectivity index (χ2v) is 14.3. The van der Waals surface area contributed by atoms with Gasteiger partial charge in [-0.25, -0.2) is 28.5 Å². The molecule has 0 unspecified atom stereocenters. The summed E-state index contributed by atoms with van der Waals surface area (Å²) in [6.07, 6.45) is 1.30. The Morgan fingerprint density at radius 3 is 2.25 bits per heavy atom. The van der Waals surface area contributed by atoms with E-state index in [2.05, 4.69) is 4.98 Å². The highest BCUT2D eigenvalue weighted by molar-refractivity contribution is 6.53. The number of benzene rings is 2. The van der Waals surface area contributed by atoms with E-state index in [0.29, 0.717) is 28.1 Å². The molecule has 15 nitrogen and oxygen atoms in total. The molecule has 2 aromatic heterocycles. The van der Waals surface area contributed by atoms with Gasteiger partial charge >= 0.3 is 11.4 Å². The Hall–Kier alpha value is -4.73. The standard InChI is InChI=1S/C33H31Cl3N6O9/c1-38-20-13-23(50-4)22(49-3)12-19(20)37-18(27(38)44)7-8-40-30(47)41-9-6-16-21(42(41)31(40)48)14-32(35)28(45)39(2)29(46)33(32,36)25(16)15-10-17(34)26(43)24(11-15)51-5/h6,10-13,21,25,43H,7-9,14H2,1-5H3/t21-,25+,32-,33+/m1/s1. The van der Waals surface area contributed by atoms with E-state index in [0.717, 1.165) is 9.47 Å². The lowest BCUT2D eigenvalue weighted by molar-refractivity contribution is -0.137. The zero-order chi connectivity index (χ0) is 36.9. The number of aromatic nitrogens is 5. The minimum Gasteiger partial charge on any atom is -0.503 e. The molecule has 51 heavy (non-hydrogen) atoms. The molecule has 2 amide bonds. The fraction of sp³-hybridized carbons (Fsp3) is 0.394. The van der Waals surface area contributed by atoms with Crippen LogP contribution in [-0.2, 0) is 36.1 Å². The second-order valence-electron chi connectivity index (χ2n) is 12.6. The number of nitrogens with zero attached hydrogens (tertiary/aromatic N) is 6. The zero-order valence-corrected chi connectivity index (χ0v) is 30.2. The smallest absolute Gasteiger partial charge is 0.347 e. The summed E-state index contributed by atoms with van der Waals surface area (Å²) in [5.41, 5.74) is -0.0486. The van der Waals surface area contributed by atoms with Gasteiger partial charge in [-0.05, 0) is 23.3 Å². The maximum absolute atomic E-state index is 14.2. The van der Waals surface area contributed by atoms with Crippen LogP contribution >= 0.6 is 34.8 Å². The van der Waals surface area contributed by atoms with Crippen LogP contribution in [0.1, 0.15) is 29.6 Å². The normalized spacial score (nSPS) is 23.9. The lowest BCUT2D eigenvalue weighted by atomic mass is 9.64. The number of hydrogen-bond donors (Lipinski definition) is 1. The number of amides is 2. The van der Waals surface area contributed by atoms with Crippen LogP contribution in [0, 0.1) is 0 Å². The van der Waals surface area contributed by atoms with E-state index in [9.17, 15) is 29.1 Å². The number of phenols is 1. The highest BCUT2D eigenvalue weighted by Gasteiger charge is 2.75. The molecule has 4 aromatic rings. The zero-order valence-electron chi connectivity index (χ0n) is 27.9. The third-order valence-electron chi connectivity index (χ3n) is 10.2. The van der Waals surface area contributed by atoms with Gasteiger partial charge in [0.25, 0.3) is 17.4 Å². The van der Waals surface area contributed by atoms with Gasteiger partial charge in [-0.2, -0.15) is 0 Å². The van der Waals surface area contributed by atoms with Gasteiger partial charge in [-0.15, -0.1) is 23.2 Å². The lowest BCUT2D eigenvalue weighted by Gasteiger charge is -2.49. The molecule has 2 fully saturated rings. The number of halogens is 3. The largest absolute Gasteiger partial charge is 0.503 e. The first-order valence-corrected chi connectivity index (χ1v) is 16.8. The molecule has 0 radical (unpaired) electrons. The average molecular weight is 762 g/mol. The fourth-order valence-corrected chi connectivity index (χ4v) is 8.84. The summed E-state index contributed by atoms with van der Waals surface area (Å²) < 4.78 is 20.9. The Morgan fingerprint density at radius 2 is 1.59 bits per heavy atom. The molecule has 4 atom stereocenters. The highest BCUT2D eigenvalue weighted by atomic mass is 35.5. The fourth-order valence-electron chi connectivity index (χ4n) is 7.62. The number of rotatable bonds is 7. The van der Waals surface area contributed by atoms with Gasteiger partial charge in [0.1, 0.15) is 5.69 Å². The second kappa shape index (κ2) is 11.9. The molecule has 268 valence electrons. The molecule has 2 aromatic carbocycles. The SMILES string of the molecule is COc1cc2nc(CCn3c(=O)n4n(c3=O)[C@@H]3C[C@@]5(Cl)C(=O)N(C)C(=O)[C@@]5(Cl)[C@@H](c5cc(Cl)c(O)c(OC)c5)C3=CC4)c(=O)n(C)c2cc1OC. The van der Waals surface area contributed by atoms with E-state index in [4.69, 9.17) is 49.0 Å². The number of carbonyl (C=O) groups is 2. The monoisotopic (exact) mass is 760 g/mol. The van der Waals surface area contributed by atoms with Crippen molar-refractivity contribution >= 4 is 57.7 Å². The number of fused-ring (bicyclic) bond motifs is 5. The highest BCUT2D eigenvalue weighted by Crippen LogP contribution is 2.63. The lowest BCUT2D eigenvalue weighted by Crippen LogP contribution is -2.59. The number of aromatic hydroxyl groups is 1. The Kier molecular flexibility index (Phi) is 8.11. The Labute approximate surface area is 303 Å². The number of likely N-dealkylation sites (tertiary alicyclic amines) is 1. The number of aryl methyl sites for hydroxylation is 2. The molecule has 1 saturated heterocycles. The Balaban J connectivity index is 1.33. The van der Waals surface area contributed by atoms with Crippen molar-refractivity contribution < 1.29 is 28.9 Å². The molecule has 0 spiro atoms. The molecule has 1 aliphatic carbocycles. The minimum absolute atomic E-state index is 0.0205. The van der Waals surface area contributed by atoms with E-state index < -0.39 is 50.5 Å². The third-order valence-corrected chi connectivity index (χ3v) is 11.9. The van der Waals surface area contributed by atoms with Crippen molar-refractivity contribution in [2.45, 2.75) is 47.6 Å². The number of hydrogen-bond acceptors (Lipinski definition) is 10. The van der Waals surface area contributed by atoms with Crippen molar-refractivity contribution in [3.8, 4) is 23.0 Å². The number of imide groups is 1.